The maximum Gasteiger partial charge on any atom is 0.161 e. The lowest BCUT2D eigenvalue weighted by molar-refractivity contribution is 0.254. The summed E-state index contributed by atoms with van der Waals surface area (Å²) in [5.74, 6) is 3.01. The second-order valence-corrected chi connectivity index (χ2v) is 7.97. The van der Waals surface area contributed by atoms with E-state index in [2.05, 4.69) is 15.0 Å². The van der Waals surface area contributed by atoms with E-state index in [1.54, 1.807) is 13.3 Å². The van der Waals surface area contributed by atoms with Gasteiger partial charge in [0.25, 0.3) is 0 Å². The van der Waals surface area contributed by atoms with Gasteiger partial charge in [0.15, 0.2) is 11.5 Å². The molecule has 7 heteroatoms. The third-order valence-corrected chi connectivity index (χ3v) is 5.66. The van der Waals surface area contributed by atoms with Crippen molar-refractivity contribution in [2.24, 2.45) is 0 Å². The maximum absolute atomic E-state index is 6.07. The number of methoxy groups -OCH3 is 1. The molecule has 3 heterocycles. The average molecular weight is 423 g/mol. The van der Waals surface area contributed by atoms with E-state index in [9.17, 15) is 0 Å². The topological polar surface area (TPSA) is 73.5 Å². The van der Waals surface area contributed by atoms with Crippen molar-refractivity contribution in [2.75, 3.05) is 33.4 Å². The smallest absolute Gasteiger partial charge is 0.161 e. The number of hydrogen-bond donors (Lipinski definition) is 0. The Morgan fingerprint density at radius 2 is 1.94 bits per heavy atom. The molecule has 0 aliphatic carbocycles. The second kappa shape index (κ2) is 9.92. The number of benzene rings is 1. The molecular formula is C24H30N4O3. The van der Waals surface area contributed by atoms with E-state index >= 15 is 0 Å². The minimum absolute atomic E-state index is 0.603. The number of ether oxygens (including phenoxy) is 2. The zero-order valence-corrected chi connectivity index (χ0v) is 18.6. The fourth-order valence-electron chi connectivity index (χ4n) is 4.08. The predicted octanol–water partition coefficient (Wildman–Crippen LogP) is 4.21. The Kier molecular flexibility index (Phi) is 6.82. The molecule has 0 amide bonds. The molecule has 1 fully saturated rings. The monoisotopic (exact) mass is 422 g/mol. The Balaban J connectivity index is 1.43. The van der Waals surface area contributed by atoms with Crippen LogP contribution in [0.4, 0.5) is 0 Å². The van der Waals surface area contributed by atoms with E-state index < -0.39 is 0 Å². The lowest BCUT2D eigenvalue weighted by Crippen LogP contribution is -2.21. The highest BCUT2D eigenvalue weighted by molar-refractivity contribution is 5.63. The van der Waals surface area contributed by atoms with Gasteiger partial charge in [-0.3, -0.25) is 0 Å². The molecule has 1 aliphatic heterocycles. The molecule has 1 aliphatic rings. The molecule has 0 bridgehead atoms. The molecule has 1 aromatic carbocycles. The number of hydrogen-bond acceptors (Lipinski definition) is 7. The minimum Gasteiger partial charge on any atom is -0.493 e. The summed E-state index contributed by atoms with van der Waals surface area (Å²) in [5.41, 5.74) is 3.66. The Morgan fingerprint density at radius 1 is 1.10 bits per heavy atom. The van der Waals surface area contributed by atoms with Gasteiger partial charge in [-0.2, -0.15) is 0 Å². The van der Waals surface area contributed by atoms with Crippen molar-refractivity contribution in [2.45, 2.75) is 39.5 Å². The number of nitrogens with zero attached hydrogens (tertiary/aromatic N) is 4. The lowest BCUT2D eigenvalue weighted by atomic mass is 10.1. The molecule has 4 rings (SSSR count). The first-order chi connectivity index (χ1) is 15.1. The van der Waals surface area contributed by atoms with Crippen LogP contribution in [0, 0.1) is 13.8 Å². The van der Waals surface area contributed by atoms with Crippen molar-refractivity contribution in [3.8, 4) is 22.8 Å². The summed E-state index contributed by atoms with van der Waals surface area (Å²) in [5, 5.41) is 4.03. The standard InChI is InChI=1S/C24H30N4O3/c1-17-24(18(2)31-27-17)20-9-10-25-23(26-20)16-19-7-8-21(29-3)22(15-19)30-14-6-13-28-11-4-5-12-28/h7-10,15H,4-6,11-14,16H2,1-3H3. The van der Waals surface area contributed by atoms with Crippen LogP contribution in [-0.4, -0.2) is 53.4 Å². The molecule has 2 aromatic heterocycles. The van der Waals surface area contributed by atoms with E-state index in [1.165, 1.54) is 25.9 Å². The third kappa shape index (κ3) is 5.22. The molecule has 1 saturated heterocycles. The van der Waals surface area contributed by atoms with E-state index in [0.29, 0.717) is 13.0 Å². The first-order valence-corrected chi connectivity index (χ1v) is 10.9. The van der Waals surface area contributed by atoms with Crippen LogP contribution >= 0.6 is 0 Å². The van der Waals surface area contributed by atoms with Gasteiger partial charge >= 0.3 is 0 Å². The van der Waals surface area contributed by atoms with Gasteiger partial charge in [-0.15, -0.1) is 0 Å². The van der Waals surface area contributed by atoms with Crippen LogP contribution in [0.1, 0.15) is 42.1 Å². The predicted molar refractivity (Wildman–Crippen MR) is 119 cm³/mol. The number of likely N-dealkylation sites (tertiary alicyclic amines) is 1. The summed E-state index contributed by atoms with van der Waals surface area (Å²) in [7, 11) is 1.67. The number of aryl methyl sites for hydroxylation is 2. The van der Waals surface area contributed by atoms with Gasteiger partial charge in [0, 0.05) is 19.2 Å². The molecule has 3 aromatic rings. The molecule has 7 nitrogen and oxygen atoms in total. The van der Waals surface area contributed by atoms with Gasteiger partial charge in [0.2, 0.25) is 0 Å². The molecule has 164 valence electrons. The first kappa shape index (κ1) is 21.3. The van der Waals surface area contributed by atoms with E-state index in [1.807, 2.05) is 38.1 Å². The van der Waals surface area contributed by atoms with E-state index in [0.717, 1.165) is 58.6 Å². The molecule has 0 N–H and O–H groups in total. The van der Waals surface area contributed by atoms with Crippen LogP contribution in [-0.2, 0) is 6.42 Å². The SMILES string of the molecule is COc1ccc(Cc2nccc(-c3c(C)noc3C)n2)cc1OCCCN1CCCC1. The molecule has 0 spiro atoms. The molecular weight excluding hydrogens is 392 g/mol. The van der Waals surface area contributed by atoms with Gasteiger partial charge in [-0.25, -0.2) is 9.97 Å². The first-order valence-electron chi connectivity index (χ1n) is 10.9. The molecule has 0 radical (unpaired) electrons. The van der Waals surface area contributed by atoms with Crippen LogP contribution in [0.25, 0.3) is 11.3 Å². The van der Waals surface area contributed by atoms with Gasteiger partial charge < -0.3 is 18.9 Å². The van der Waals surface area contributed by atoms with Crippen LogP contribution in [0.2, 0.25) is 0 Å². The van der Waals surface area contributed by atoms with Crippen molar-refractivity contribution in [3.05, 3.63) is 53.3 Å². The van der Waals surface area contributed by atoms with Crippen molar-refractivity contribution in [1.29, 1.82) is 0 Å². The van der Waals surface area contributed by atoms with Crippen molar-refractivity contribution < 1.29 is 14.0 Å². The fraction of sp³-hybridized carbons (Fsp3) is 0.458. The van der Waals surface area contributed by atoms with E-state index in [-0.39, 0.29) is 0 Å². The van der Waals surface area contributed by atoms with Gasteiger partial charge in [-0.05, 0) is 70.0 Å². The summed E-state index contributed by atoms with van der Waals surface area (Å²) in [6.45, 7) is 8.01. The molecule has 0 unspecified atom stereocenters. The fourth-order valence-corrected chi connectivity index (χ4v) is 4.08. The highest BCUT2D eigenvalue weighted by atomic mass is 16.5. The van der Waals surface area contributed by atoms with Crippen LogP contribution < -0.4 is 9.47 Å². The molecule has 0 atom stereocenters. The number of aromatic nitrogens is 3. The highest BCUT2D eigenvalue weighted by Gasteiger charge is 2.15. The molecule has 0 saturated carbocycles. The summed E-state index contributed by atoms with van der Waals surface area (Å²) in [4.78, 5) is 11.7. The Labute approximate surface area is 183 Å². The largest absolute Gasteiger partial charge is 0.493 e. The summed E-state index contributed by atoms with van der Waals surface area (Å²) < 4.78 is 16.8. The van der Waals surface area contributed by atoms with Crippen LogP contribution in [0.5, 0.6) is 11.5 Å². The zero-order valence-electron chi connectivity index (χ0n) is 18.6. The third-order valence-electron chi connectivity index (χ3n) is 5.66. The average Bonchev–Trinajstić information content (AvgIpc) is 3.41. The second-order valence-electron chi connectivity index (χ2n) is 7.97. The Hall–Kier alpha value is -2.93. The minimum atomic E-state index is 0.603. The van der Waals surface area contributed by atoms with Gasteiger partial charge in [0.1, 0.15) is 11.6 Å². The van der Waals surface area contributed by atoms with E-state index in [4.69, 9.17) is 19.0 Å². The zero-order chi connectivity index (χ0) is 21.6. The molecule has 31 heavy (non-hydrogen) atoms. The Bertz CT molecular complexity index is 992. The van der Waals surface area contributed by atoms with Gasteiger partial charge in [-0.1, -0.05) is 11.2 Å². The van der Waals surface area contributed by atoms with Crippen LogP contribution in [0.3, 0.4) is 0 Å². The van der Waals surface area contributed by atoms with Gasteiger partial charge in [0.05, 0.1) is 30.7 Å². The number of rotatable bonds is 9. The summed E-state index contributed by atoms with van der Waals surface area (Å²) >= 11 is 0. The highest BCUT2D eigenvalue weighted by Crippen LogP contribution is 2.29. The lowest BCUT2D eigenvalue weighted by Gasteiger charge is -2.16. The maximum atomic E-state index is 6.07. The quantitative estimate of drug-likeness (QED) is 0.478. The van der Waals surface area contributed by atoms with Crippen molar-refractivity contribution in [3.63, 3.8) is 0 Å². The van der Waals surface area contributed by atoms with Crippen molar-refractivity contribution in [1.82, 2.24) is 20.0 Å². The van der Waals surface area contributed by atoms with Crippen LogP contribution in [0.15, 0.2) is 35.0 Å². The normalized spacial score (nSPS) is 14.2. The van der Waals surface area contributed by atoms with Crippen molar-refractivity contribution >= 4 is 0 Å². The summed E-state index contributed by atoms with van der Waals surface area (Å²) in [6.07, 6.45) is 6.02. The summed E-state index contributed by atoms with van der Waals surface area (Å²) in [6, 6.07) is 7.89. The Morgan fingerprint density at radius 3 is 2.68 bits per heavy atom.